The lowest BCUT2D eigenvalue weighted by atomic mass is 10.0. The maximum absolute atomic E-state index is 12.0. The van der Waals surface area contributed by atoms with Crippen LogP contribution in [0.1, 0.15) is 15.9 Å². The molecule has 9 nitrogen and oxygen atoms in total. The second-order valence-electron chi connectivity index (χ2n) is 7.33. The Morgan fingerprint density at radius 2 is 1.61 bits per heavy atom. The molecule has 0 atom stereocenters. The SMILES string of the molecule is COc1ccc(CC(=O)c2ccc(O)cc2O)cc1.Cl.Nc1ccc(N=Nc2ccccc2)c(N)n1. The zero-order chi connectivity index (χ0) is 25.2. The molecule has 0 saturated heterocycles. The van der Waals surface area contributed by atoms with Gasteiger partial charge in [0.15, 0.2) is 11.6 Å². The number of hydrogen-bond donors (Lipinski definition) is 4. The van der Waals surface area contributed by atoms with Crippen molar-refractivity contribution in [1.82, 2.24) is 4.98 Å². The molecule has 186 valence electrons. The summed E-state index contributed by atoms with van der Waals surface area (Å²) < 4.78 is 5.04. The number of benzene rings is 3. The fourth-order valence-electron chi connectivity index (χ4n) is 2.95. The molecule has 0 aliphatic rings. The molecule has 0 spiro atoms. The second-order valence-corrected chi connectivity index (χ2v) is 7.33. The number of nitrogens with two attached hydrogens (primary N) is 2. The van der Waals surface area contributed by atoms with Crippen LogP contribution in [0.4, 0.5) is 23.0 Å². The van der Waals surface area contributed by atoms with Crippen molar-refractivity contribution in [2.75, 3.05) is 18.6 Å². The number of Topliss-reactive ketones (excluding diaryl/α,β-unsaturated/α-hetero) is 1. The summed E-state index contributed by atoms with van der Waals surface area (Å²) in [6, 6.07) is 23.8. The third-order valence-corrected chi connectivity index (χ3v) is 4.76. The Balaban J connectivity index is 0.000000250. The van der Waals surface area contributed by atoms with Gasteiger partial charge in [0.2, 0.25) is 0 Å². The topological polar surface area (TPSA) is 156 Å². The Kier molecular flexibility index (Phi) is 10.2. The van der Waals surface area contributed by atoms with Crippen molar-refractivity contribution < 1.29 is 19.7 Å². The van der Waals surface area contributed by atoms with Gasteiger partial charge in [0.25, 0.3) is 0 Å². The van der Waals surface area contributed by atoms with Crippen molar-refractivity contribution in [1.29, 1.82) is 0 Å². The number of phenolic OH excluding ortho intramolecular Hbond substituents is 2. The van der Waals surface area contributed by atoms with E-state index in [1.165, 1.54) is 12.1 Å². The molecule has 1 aromatic heterocycles. The van der Waals surface area contributed by atoms with Gasteiger partial charge in [-0.15, -0.1) is 17.5 Å². The summed E-state index contributed by atoms with van der Waals surface area (Å²) in [4.78, 5) is 15.9. The van der Waals surface area contributed by atoms with Crippen LogP contribution in [-0.4, -0.2) is 28.1 Å². The number of anilines is 2. The van der Waals surface area contributed by atoms with Crippen LogP contribution >= 0.6 is 12.4 Å². The fraction of sp³-hybridized carbons (Fsp3) is 0.0769. The monoisotopic (exact) mass is 507 g/mol. The van der Waals surface area contributed by atoms with Gasteiger partial charge in [-0.1, -0.05) is 30.3 Å². The molecule has 1 heterocycles. The largest absolute Gasteiger partial charge is 0.508 e. The average Bonchev–Trinajstić information content (AvgIpc) is 2.85. The molecule has 3 aromatic carbocycles. The highest BCUT2D eigenvalue weighted by atomic mass is 35.5. The van der Waals surface area contributed by atoms with Gasteiger partial charge in [0.1, 0.15) is 28.8 Å². The molecule has 0 bridgehead atoms. The van der Waals surface area contributed by atoms with Crippen LogP contribution in [0.25, 0.3) is 0 Å². The number of aromatic hydroxyl groups is 2. The number of rotatable bonds is 6. The Bertz CT molecular complexity index is 1320. The van der Waals surface area contributed by atoms with Gasteiger partial charge in [0.05, 0.1) is 18.4 Å². The fourth-order valence-corrected chi connectivity index (χ4v) is 2.95. The lowest BCUT2D eigenvalue weighted by Gasteiger charge is -2.05. The van der Waals surface area contributed by atoms with Gasteiger partial charge in [-0.25, -0.2) is 4.98 Å². The van der Waals surface area contributed by atoms with E-state index in [2.05, 4.69) is 15.2 Å². The first kappa shape index (κ1) is 27.6. The number of methoxy groups -OCH3 is 1. The zero-order valence-corrected chi connectivity index (χ0v) is 20.2. The normalized spacial score (nSPS) is 10.1. The Hall–Kier alpha value is -4.63. The second kappa shape index (κ2) is 13.3. The first-order chi connectivity index (χ1) is 16.9. The minimum absolute atomic E-state index is 0. The standard InChI is InChI=1S/C15H14O4.C11H11N5.ClH/c1-19-12-5-2-10(3-6-12)8-14(17)13-7-4-11(16)9-15(13)18;12-10-7-6-9(11(13)14-10)16-15-8-4-2-1-3-5-8;/h2-7,9,16,18H,8H2,1H3;1-7H,(H4,12,13,14);1H. The molecule has 0 fully saturated rings. The van der Waals surface area contributed by atoms with Gasteiger partial charge < -0.3 is 26.4 Å². The van der Waals surface area contributed by atoms with E-state index < -0.39 is 0 Å². The van der Waals surface area contributed by atoms with Crippen molar-refractivity contribution in [3.63, 3.8) is 0 Å². The van der Waals surface area contributed by atoms with Crippen molar-refractivity contribution in [3.8, 4) is 17.2 Å². The van der Waals surface area contributed by atoms with E-state index in [9.17, 15) is 15.0 Å². The van der Waals surface area contributed by atoms with Gasteiger partial charge in [0, 0.05) is 12.5 Å². The molecular weight excluding hydrogens is 482 g/mol. The number of azo groups is 1. The molecule has 4 aromatic rings. The number of ether oxygens (including phenoxy) is 1. The summed E-state index contributed by atoms with van der Waals surface area (Å²) in [6.45, 7) is 0. The summed E-state index contributed by atoms with van der Waals surface area (Å²) in [7, 11) is 1.58. The molecule has 10 heteroatoms. The minimum Gasteiger partial charge on any atom is -0.508 e. The van der Waals surface area contributed by atoms with Crippen molar-refractivity contribution in [2.24, 2.45) is 10.2 Å². The molecule has 0 saturated carbocycles. The number of carbonyl (C=O) groups excluding carboxylic acids is 1. The van der Waals surface area contributed by atoms with Crippen molar-refractivity contribution >= 4 is 41.2 Å². The zero-order valence-electron chi connectivity index (χ0n) is 19.4. The highest BCUT2D eigenvalue weighted by Gasteiger charge is 2.12. The number of phenols is 2. The number of nitrogens with zero attached hydrogens (tertiary/aromatic N) is 3. The lowest BCUT2D eigenvalue weighted by Crippen LogP contribution is -2.03. The first-order valence-corrected chi connectivity index (χ1v) is 10.5. The number of aromatic nitrogens is 1. The number of ketones is 1. The van der Waals surface area contributed by atoms with Gasteiger partial charge in [-0.2, -0.15) is 5.11 Å². The molecule has 6 N–H and O–H groups in total. The highest BCUT2D eigenvalue weighted by Crippen LogP contribution is 2.25. The van der Waals surface area contributed by atoms with Crippen LogP contribution < -0.4 is 16.2 Å². The molecule has 0 amide bonds. The maximum Gasteiger partial charge on any atom is 0.170 e. The van der Waals surface area contributed by atoms with E-state index in [0.29, 0.717) is 11.5 Å². The number of hydrogen-bond acceptors (Lipinski definition) is 9. The Morgan fingerprint density at radius 3 is 2.22 bits per heavy atom. The first-order valence-electron chi connectivity index (χ1n) is 10.5. The van der Waals surface area contributed by atoms with Crippen LogP contribution in [0.15, 0.2) is 95.2 Å². The maximum atomic E-state index is 12.0. The smallest absolute Gasteiger partial charge is 0.170 e. The summed E-state index contributed by atoms with van der Waals surface area (Å²) in [5, 5.41) is 26.8. The summed E-state index contributed by atoms with van der Waals surface area (Å²) >= 11 is 0. The van der Waals surface area contributed by atoms with Crippen LogP contribution in [-0.2, 0) is 6.42 Å². The molecule has 0 radical (unpaired) electrons. The van der Waals surface area contributed by atoms with Gasteiger partial charge >= 0.3 is 0 Å². The quantitative estimate of drug-likeness (QED) is 0.195. The van der Waals surface area contributed by atoms with Crippen LogP contribution in [0, 0.1) is 0 Å². The van der Waals surface area contributed by atoms with Crippen molar-refractivity contribution in [2.45, 2.75) is 6.42 Å². The van der Waals surface area contributed by atoms with E-state index >= 15 is 0 Å². The molecule has 0 aliphatic heterocycles. The molecular formula is C26H26ClN5O4. The van der Waals surface area contributed by atoms with Crippen molar-refractivity contribution in [3.05, 3.63) is 96.1 Å². The van der Waals surface area contributed by atoms with E-state index in [0.717, 1.165) is 23.1 Å². The highest BCUT2D eigenvalue weighted by molar-refractivity contribution is 6.00. The van der Waals surface area contributed by atoms with E-state index in [1.807, 2.05) is 30.3 Å². The van der Waals surface area contributed by atoms with Crippen LogP contribution in [0.3, 0.4) is 0 Å². The summed E-state index contributed by atoms with van der Waals surface area (Å²) in [6.07, 6.45) is 0.183. The van der Waals surface area contributed by atoms with E-state index in [-0.39, 0.29) is 47.5 Å². The van der Waals surface area contributed by atoms with Gasteiger partial charge in [-0.3, -0.25) is 4.79 Å². The van der Waals surface area contributed by atoms with Gasteiger partial charge in [-0.05, 0) is 54.1 Å². The number of carbonyl (C=O) groups is 1. The predicted octanol–water partition coefficient (Wildman–Crippen LogP) is 5.62. The third-order valence-electron chi connectivity index (χ3n) is 4.76. The minimum atomic E-state index is -0.210. The number of pyridine rings is 1. The Labute approximate surface area is 214 Å². The van der Waals surface area contributed by atoms with E-state index in [4.69, 9.17) is 16.2 Å². The Morgan fingerprint density at radius 1 is 0.917 bits per heavy atom. The molecule has 0 aliphatic carbocycles. The van der Waals surface area contributed by atoms with Crippen LogP contribution in [0.2, 0.25) is 0 Å². The third kappa shape index (κ3) is 8.00. The lowest BCUT2D eigenvalue weighted by molar-refractivity contribution is 0.0990. The average molecular weight is 508 g/mol. The molecule has 4 rings (SSSR count). The summed E-state index contributed by atoms with van der Waals surface area (Å²) in [5.41, 5.74) is 13.4. The molecule has 36 heavy (non-hydrogen) atoms. The number of nitrogen functional groups attached to an aromatic ring is 2. The molecule has 0 unspecified atom stereocenters. The predicted molar refractivity (Wildman–Crippen MR) is 142 cm³/mol. The van der Waals surface area contributed by atoms with E-state index in [1.54, 1.807) is 43.5 Å². The van der Waals surface area contributed by atoms with Crippen LogP contribution in [0.5, 0.6) is 17.2 Å². The summed E-state index contributed by atoms with van der Waals surface area (Å²) in [5.74, 6) is 0.888. The number of halogens is 1.